The van der Waals surface area contributed by atoms with Crippen LogP contribution in [0.3, 0.4) is 0 Å². The highest BCUT2D eigenvalue weighted by atomic mass is 35.5. The van der Waals surface area contributed by atoms with Gasteiger partial charge in [-0.3, -0.25) is 14.4 Å². The van der Waals surface area contributed by atoms with Gasteiger partial charge in [0.25, 0.3) is 11.8 Å². The van der Waals surface area contributed by atoms with Gasteiger partial charge in [-0.05, 0) is 72.3 Å². The second-order valence-corrected chi connectivity index (χ2v) is 11.1. The van der Waals surface area contributed by atoms with Crippen LogP contribution in [0, 0.1) is 0 Å². The van der Waals surface area contributed by atoms with Crippen LogP contribution in [-0.2, 0) is 9.59 Å². The van der Waals surface area contributed by atoms with Gasteiger partial charge in [-0.1, -0.05) is 76.7 Å². The van der Waals surface area contributed by atoms with Crippen molar-refractivity contribution in [2.45, 2.75) is 4.90 Å². The number of carbonyl (C=O) groups excluding carboxylic acids is 3. The van der Waals surface area contributed by atoms with E-state index in [1.165, 1.54) is 17.8 Å². The number of nitrogens with one attached hydrogen (secondary N) is 3. The van der Waals surface area contributed by atoms with Crippen molar-refractivity contribution in [3.8, 4) is 0 Å². The van der Waals surface area contributed by atoms with Gasteiger partial charge in [0.1, 0.15) is 5.70 Å². The number of rotatable bonds is 9. The van der Waals surface area contributed by atoms with Gasteiger partial charge in [-0.15, -0.1) is 11.8 Å². The fourth-order valence-corrected chi connectivity index (χ4v) is 4.84. The molecule has 0 spiro atoms. The van der Waals surface area contributed by atoms with Crippen molar-refractivity contribution in [3.05, 3.63) is 128 Å². The number of hydrogen-bond donors (Lipinski definition) is 3. The minimum atomic E-state index is -0.563. The van der Waals surface area contributed by atoms with E-state index in [9.17, 15) is 14.4 Å². The molecule has 41 heavy (non-hydrogen) atoms. The summed E-state index contributed by atoms with van der Waals surface area (Å²) in [5, 5.41) is 9.52. The van der Waals surface area contributed by atoms with E-state index in [0.29, 0.717) is 37.6 Å². The molecule has 0 heterocycles. The Hall–Kier alpha value is -3.46. The van der Waals surface area contributed by atoms with E-state index in [2.05, 4.69) is 16.0 Å². The van der Waals surface area contributed by atoms with E-state index in [-0.39, 0.29) is 22.4 Å². The van der Waals surface area contributed by atoms with E-state index in [4.69, 9.17) is 46.4 Å². The van der Waals surface area contributed by atoms with Crippen molar-refractivity contribution in [1.29, 1.82) is 0 Å². The van der Waals surface area contributed by atoms with Crippen LogP contribution in [-0.4, -0.2) is 23.5 Å². The monoisotopic (exact) mass is 643 g/mol. The van der Waals surface area contributed by atoms with Crippen molar-refractivity contribution in [1.82, 2.24) is 5.32 Å². The van der Waals surface area contributed by atoms with Crippen molar-refractivity contribution in [3.63, 3.8) is 0 Å². The molecule has 0 aliphatic carbocycles. The Balaban J connectivity index is 1.42. The summed E-state index contributed by atoms with van der Waals surface area (Å²) < 4.78 is 0. The lowest BCUT2D eigenvalue weighted by atomic mass is 10.1. The standard InChI is InChI=1S/C30H21Cl4N3O3S/c31-23-14-11-21(16-25(23)33)35-27(38)17-41-22-12-9-20(10-13-22)36-30(40)26(15-19-7-4-8-24(32)28(19)34)37-29(39)18-5-2-1-3-6-18/h1-16H,17H2,(H,35,38)(H,36,40)(H,37,39)/b26-15-. The maximum Gasteiger partial charge on any atom is 0.272 e. The fourth-order valence-electron chi connectivity index (χ4n) is 3.48. The normalized spacial score (nSPS) is 11.1. The fraction of sp³-hybridized carbons (Fsp3) is 0.0333. The highest BCUT2D eigenvalue weighted by Crippen LogP contribution is 2.28. The minimum absolute atomic E-state index is 0.0274. The summed E-state index contributed by atoms with van der Waals surface area (Å²) in [6.07, 6.45) is 1.46. The molecular formula is C30H21Cl4N3O3S. The largest absolute Gasteiger partial charge is 0.325 e. The zero-order valence-electron chi connectivity index (χ0n) is 21.1. The number of thioether (sulfide) groups is 1. The molecule has 0 atom stereocenters. The predicted octanol–water partition coefficient (Wildman–Crippen LogP) is 8.44. The molecule has 0 saturated heterocycles. The number of benzene rings is 4. The van der Waals surface area contributed by atoms with Crippen molar-refractivity contribution in [2.24, 2.45) is 0 Å². The molecule has 6 nitrogen and oxygen atoms in total. The first-order valence-electron chi connectivity index (χ1n) is 12.0. The summed E-state index contributed by atoms with van der Waals surface area (Å²) in [5.74, 6) is -1.08. The first-order chi connectivity index (χ1) is 19.7. The predicted molar refractivity (Wildman–Crippen MR) is 169 cm³/mol. The van der Waals surface area contributed by atoms with E-state index in [1.807, 2.05) is 0 Å². The summed E-state index contributed by atoms with van der Waals surface area (Å²) in [4.78, 5) is 39.2. The number of carbonyl (C=O) groups is 3. The molecule has 0 bridgehead atoms. The lowest BCUT2D eigenvalue weighted by molar-refractivity contribution is -0.114. The second-order valence-electron chi connectivity index (χ2n) is 8.47. The molecule has 11 heteroatoms. The molecule has 0 saturated carbocycles. The maximum atomic E-state index is 13.3. The Morgan fingerprint density at radius 3 is 2.12 bits per heavy atom. The van der Waals surface area contributed by atoms with Gasteiger partial charge in [-0.25, -0.2) is 0 Å². The van der Waals surface area contributed by atoms with Crippen molar-refractivity contribution >= 4 is 93.3 Å². The molecule has 3 N–H and O–H groups in total. The van der Waals surface area contributed by atoms with Crippen LogP contribution in [0.2, 0.25) is 20.1 Å². The van der Waals surface area contributed by atoms with Crippen LogP contribution in [0.25, 0.3) is 6.08 Å². The molecule has 3 amide bonds. The zero-order valence-corrected chi connectivity index (χ0v) is 24.9. The maximum absolute atomic E-state index is 13.3. The zero-order chi connectivity index (χ0) is 29.4. The molecule has 4 aromatic carbocycles. The number of hydrogen-bond acceptors (Lipinski definition) is 4. The van der Waals surface area contributed by atoms with Gasteiger partial charge in [-0.2, -0.15) is 0 Å². The van der Waals surface area contributed by atoms with Crippen LogP contribution in [0.1, 0.15) is 15.9 Å². The lowest BCUT2D eigenvalue weighted by Crippen LogP contribution is -2.30. The summed E-state index contributed by atoms with van der Waals surface area (Å²) >= 11 is 25.7. The Labute approximate surface area is 261 Å². The Kier molecular flexibility index (Phi) is 10.7. The first-order valence-corrected chi connectivity index (χ1v) is 14.5. The van der Waals surface area contributed by atoms with E-state index in [0.717, 1.165) is 4.90 Å². The molecule has 4 aromatic rings. The highest BCUT2D eigenvalue weighted by Gasteiger charge is 2.16. The number of amides is 3. The summed E-state index contributed by atoms with van der Waals surface area (Å²) in [6.45, 7) is 0. The Bertz CT molecular complexity index is 1610. The van der Waals surface area contributed by atoms with Crippen LogP contribution in [0.5, 0.6) is 0 Å². The lowest BCUT2D eigenvalue weighted by Gasteiger charge is -2.12. The molecular weight excluding hydrogens is 624 g/mol. The second kappa shape index (κ2) is 14.4. The average molecular weight is 645 g/mol. The Morgan fingerprint density at radius 1 is 0.707 bits per heavy atom. The number of anilines is 2. The minimum Gasteiger partial charge on any atom is -0.325 e. The van der Waals surface area contributed by atoms with Crippen LogP contribution < -0.4 is 16.0 Å². The van der Waals surface area contributed by atoms with Crippen LogP contribution in [0.4, 0.5) is 11.4 Å². The van der Waals surface area contributed by atoms with Gasteiger partial charge < -0.3 is 16.0 Å². The van der Waals surface area contributed by atoms with Gasteiger partial charge in [0.15, 0.2) is 0 Å². The molecule has 0 aliphatic rings. The molecule has 208 valence electrons. The third kappa shape index (κ3) is 8.76. The topological polar surface area (TPSA) is 87.3 Å². The van der Waals surface area contributed by atoms with Gasteiger partial charge in [0.05, 0.1) is 25.8 Å². The molecule has 0 aliphatic heterocycles. The summed E-state index contributed by atoms with van der Waals surface area (Å²) in [6, 6.07) is 25.3. The molecule has 4 rings (SSSR count). The quantitative estimate of drug-likeness (QED) is 0.126. The summed E-state index contributed by atoms with van der Waals surface area (Å²) in [7, 11) is 0. The van der Waals surface area contributed by atoms with Gasteiger partial charge >= 0.3 is 0 Å². The van der Waals surface area contributed by atoms with Crippen LogP contribution in [0.15, 0.2) is 102 Å². The van der Waals surface area contributed by atoms with Gasteiger partial charge in [0.2, 0.25) is 5.91 Å². The SMILES string of the molecule is O=C(CSc1ccc(NC(=O)/C(=C/c2cccc(Cl)c2Cl)NC(=O)c2ccccc2)cc1)Nc1ccc(Cl)c(Cl)c1. The van der Waals surface area contributed by atoms with E-state index < -0.39 is 11.8 Å². The number of halogens is 4. The third-order valence-electron chi connectivity index (χ3n) is 5.50. The molecule has 0 unspecified atom stereocenters. The highest BCUT2D eigenvalue weighted by molar-refractivity contribution is 8.00. The van der Waals surface area contributed by atoms with Gasteiger partial charge in [0, 0.05) is 21.8 Å². The first kappa shape index (κ1) is 30.5. The molecule has 0 aromatic heterocycles. The Morgan fingerprint density at radius 2 is 1.41 bits per heavy atom. The molecule has 0 radical (unpaired) electrons. The van der Waals surface area contributed by atoms with Crippen LogP contribution >= 0.6 is 58.2 Å². The summed E-state index contributed by atoms with van der Waals surface area (Å²) in [5.41, 5.74) is 1.85. The smallest absolute Gasteiger partial charge is 0.272 e. The molecule has 0 fully saturated rings. The van der Waals surface area contributed by atoms with Crippen molar-refractivity contribution in [2.75, 3.05) is 16.4 Å². The van der Waals surface area contributed by atoms with Crippen molar-refractivity contribution < 1.29 is 14.4 Å². The van der Waals surface area contributed by atoms with E-state index in [1.54, 1.807) is 91.0 Å². The van der Waals surface area contributed by atoms with E-state index >= 15 is 0 Å². The average Bonchev–Trinajstić information content (AvgIpc) is 2.97. The third-order valence-corrected chi connectivity index (χ3v) is 8.08.